The van der Waals surface area contributed by atoms with E-state index in [4.69, 9.17) is 9.84 Å². The Hall–Kier alpha value is -0.650. The second-order valence-corrected chi connectivity index (χ2v) is 5.38. The third-order valence-corrected chi connectivity index (χ3v) is 3.06. The van der Waals surface area contributed by atoms with Crippen molar-refractivity contribution in [3.8, 4) is 0 Å². The predicted octanol–water partition coefficient (Wildman–Crippen LogP) is 1.38. The van der Waals surface area contributed by atoms with Gasteiger partial charge in [0.15, 0.2) is 5.60 Å². The van der Waals surface area contributed by atoms with Crippen LogP contribution in [0, 0.1) is 0 Å². The summed E-state index contributed by atoms with van der Waals surface area (Å²) >= 11 is 0. The molecule has 3 unspecified atom stereocenters. The summed E-state index contributed by atoms with van der Waals surface area (Å²) in [5.74, 6) is -0.747. The molecule has 3 N–H and O–H groups in total. The van der Waals surface area contributed by atoms with Gasteiger partial charge in [-0.1, -0.05) is 26.2 Å². The number of unbranched alkanes of at least 4 members (excludes halogenated alkanes) is 3. The van der Waals surface area contributed by atoms with Gasteiger partial charge in [0.1, 0.15) is 0 Å². The zero-order valence-corrected chi connectivity index (χ0v) is 12.3. The van der Waals surface area contributed by atoms with E-state index in [1.54, 1.807) is 6.92 Å². The number of rotatable bonds is 10. The molecule has 0 radical (unpaired) electrons. The number of hydrogen-bond donors (Lipinski definition) is 3. The number of aliphatic hydroxyl groups is 3. The van der Waals surface area contributed by atoms with Crippen LogP contribution in [-0.2, 0) is 9.53 Å². The minimum atomic E-state index is -1.76. The van der Waals surface area contributed by atoms with Gasteiger partial charge < -0.3 is 20.1 Å². The topological polar surface area (TPSA) is 87.0 Å². The Morgan fingerprint density at radius 1 is 1.32 bits per heavy atom. The second-order valence-electron chi connectivity index (χ2n) is 5.38. The predicted molar refractivity (Wildman–Crippen MR) is 72.6 cm³/mol. The van der Waals surface area contributed by atoms with Gasteiger partial charge in [-0.3, -0.25) is 0 Å². The average Bonchev–Trinajstić information content (AvgIpc) is 2.33. The summed E-state index contributed by atoms with van der Waals surface area (Å²) in [4.78, 5) is 11.8. The molecule has 114 valence electrons. The quantitative estimate of drug-likeness (QED) is 0.414. The van der Waals surface area contributed by atoms with Crippen LogP contribution in [0.1, 0.15) is 59.3 Å². The van der Waals surface area contributed by atoms with E-state index in [9.17, 15) is 15.0 Å². The van der Waals surface area contributed by atoms with Crippen molar-refractivity contribution in [3.05, 3.63) is 0 Å². The van der Waals surface area contributed by atoms with Crippen molar-refractivity contribution in [2.45, 2.75) is 77.1 Å². The fourth-order valence-corrected chi connectivity index (χ4v) is 1.83. The molecule has 0 saturated heterocycles. The van der Waals surface area contributed by atoms with Gasteiger partial charge in [-0.15, -0.1) is 0 Å². The highest BCUT2D eigenvalue weighted by Crippen LogP contribution is 2.17. The van der Waals surface area contributed by atoms with Crippen LogP contribution < -0.4 is 0 Å². The van der Waals surface area contributed by atoms with Crippen LogP contribution in [0.4, 0.5) is 0 Å². The molecule has 0 aromatic carbocycles. The largest absolute Gasteiger partial charge is 0.461 e. The summed E-state index contributed by atoms with van der Waals surface area (Å²) < 4.78 is 5.16. The fraction of sp³-hybridized carbons (Fsp3) is 0.929. The van der Waals surface area contributed by atoms with Crippen LogP contribution in [0.25, 0.3) is 0 Å². The molecule has 5 heteroatoms. The molecular weight excluding hydrogens is 248 g/mol. The smallest absolute Gasteiger partial charge is 0.338 e. The minimum absolute atomic E-state index is 0.231. The molecular formula is C14H28O5. The van der Waals surface area contributed by atoms with Gasteiger partial charge in [0.2, 0.25) is 0 Å². The molecule has 0 aliphatic rings. The lowest BCUT2D eigenvalue weighted by Gasteiger charge is -2.25. The molecule has 0 heterocycles. The van der Waals surface area contributed by atoms with Crippen molar-refractivity contribution < 1.29 is 24.9 Å². The third kappa shape index (κ3) is 8.18. The molecule has 0 amide bonds. The van der Waals surface area contributed by atoms with E-state index in [1.807, 2.05) is 0 Å². The number of carbonyl (C=O) groups excluding carboxylic acids is 1. The van der Waals surface area contributed by atoms with Crippen LogP contribution in [0.5, 0.6) is 0 Å². The first kappa shape index (κ1) is 18.4. The first-order valence-electron chi connectivity index (χ1n) is 7.05. The molecule has 5 nitrogen and oxygen atoms in total. The zero-order chi connectivity index (χ0) is 14.9. The summed E-state index contributed by atoms with van der Waals surface area (Å²) in [7, 11) is 0. The van der Waals surface area contributed by atoms with Gasteiger partial charge in [-0.2, -0.15) is 0 Å². The van der Waals surface area contributed by atoms with E-state index in [-0.39, 0.29) is 12.5 Å². The molecule has 0 aliphatic heterocycles. The summed E-state index contributed by atoms with van der Waals surface area (Å²) in [6.07, 6.45) is 3.59. The van der Waals surface area contributed by atoms with E-state index < -0.39 is 24.3 Å². The number of aliphatic hydroxyl groups excluding tert-OH is 2. The Kier molecular flexibility index (Phi) is 8.97. The molecule has 0 fully saturated rings. The van der Waals surface area contributed by atoms with Gasteiger partial charge in [-0.25, -0.2) is 4.79 Å². The zero-order valence-electron chi connectivity index (χ0n) is 12.3. The Bertz CT molecular complexity index is 252. The molecule has 0 rings (SSSR count). The summed E-state index contributed by atoms with van der Waals surface area (Å²) in [5, 5.41) is 27.9. The minimum Gasteiger partial charge on any atom is -0.461 e. The first-order chi connectivity index (χ1) is 8.83. The molecule has 0 aromatic rings. The lowest BCUT2D eigenvalue weighted by atomic mass is 9.99. The number of ether oxygens (including phenoxy) is 1. The normalized spacial score (nSPS) is 17.6. The van der Waals surface area contributed by atoms with Gasteiger partial charge in [-0.05, 0) is 26.7 Å². The highest BCUT2D eigenvalue weighted by Gasteiger charge is 2.35. The van der Waals surface area contributed by atoms with E-state index in [2.05, 4.69) is 6.92 Å². The molecule has 0 saturated carbocycles. The van der Waals surface area contributed by atoms with Crippen molar-refractivity contribution in [3.63, 3.8) is 0 Å². The van der Waals surface area contributed by atoms with E-state index in [0.29, 0.717) is 0 Å². The summed E-state index contributed by atoms with van der Waals surface area (Å²) in [6.45, 7) is 4.73. The number of carbonyl (C=O) groups is 1. The van der Waals surface area contributed by atoms with Crippen molar-refractivity contribution in [2.75, 3.05) is 6.61 Å². The van der Waals surface area contributed by atoms with Gasteiger partial charge in [0, 0.05) is 6.42 Å². The van der Waals surface area contributed by atoms with E-state index in [1.165, 1.54) is 13.3 Å². The highest BCUT2D eigenvalue weighted by atomic mass is 16.6. The lowest BCUT2D eigenvalue weighted by molar-refractivity contribution is -0.172. The molecule has 19 heavy (non-hydrogen) atoms. The molecule has 0 aromatic heterocycles. The monoisotopic (exact) mass is 276 g/mol. The second kappa shape index (κ2) is 9.28. The van der Waals surface area contributed by atoms with Crippen LogP contribution in [0.3, 0.4) is 0 Å². The number of esters is 1. The van der Waals surface area contributed by atoms with Crippen molar-refractivity contribution in [1.82, 2.24) is 0 Å². The maximum Gasteiger partial charge on any atom is 0.338 e. The first-order valence-corrected chi connectivity index (χ1v) is 7.05. The number of hydrogen-bond acceptors (Lipinski definition) is 5. The average molecular weight is 276 g/mol. The fourth-order valence-electron chi connectivity index (χ4n) is 1.83. The Morgan fingerprint density at radius 3 is 2.47 bits per heavy atom. The molecule has 0 spiro atoms. The van der Waals surface area contributed by atoms with E-state index in [0.717, 1.165) is 25.7 Å². The Balaban J connectivity index is 4.05. The van der Waals surface area contributed by atoms with Crippen LogP contribution >= 0.6 is 0 Å². The van der Waals surface area contributed by atoms with Crippen molar-refractivity contribution in [1.29, 1.82) is 0 Å². The third-order valence-electron chi connectivity index (χ3n) is 3.06. The standard InChI is InChI=1S/C14H28O5/c1-4-5-6-7-8-11(2)19-13(17)14(3,18)9-12(16)10-15/h11-12,15-16,18H,4-10H2,1-3H3. The summed E-state index contributed by atoms with van der Waals surface area (Å²) in [6, 6.07) is 0. The maximum atomic E-state index is 11.8. The van der Waals surface area contributed by atoms with Crippen LogP contribution in [-0.4, -0.2) is 45.7 Å². The SMILES string of the molecule is CCCCCCC(C)OC(=O)C(C)(O)CC(O)CO. The van der Waals surface area contributed by atoms with E-state index >= 15 is 0 Å². The Morgan fingerprint density at radius 2 is 1.95 bits per heavy atom. The van der Waals surface area contributed by atoms with Gasteiger partial charge >= 0.3 is 5.97 Å². The molecule has 0 bridgehead atoms. The highest BCUT2D eigenvalue weighted by molar-refractivity contribution is 5.78. The van der Waals surface area contributed by atoms with Gasteiger partial charge in [0.25, 0.3) is 0 Å². The molecule has 3 atom stereocenters. The molecule has 0 aliphatic carbocycles. The lowest BCUT2D eigenvalue weighted by Crippen LogP contribution is -2.42. The van der Waals surface area contributed by atoms with Crippen LogP contribution in [0.15, 0.2) is 0 Å². The van der Waals surface area contributed by atoms with Crippen molar-refractivity contribution in [2.24, 2.45) is 0 Å². The summed E-state index contributed by atoms with van der Waals surface area (Å²) in [5.41, 5.74) is -1.76. The van der Waals surface area contributed by atoms with Crippen molar-refractivity contribution >= 4 is 5.97 Å². The van der Waals surface area contributed by atoms with Crippen LogP contribution in [0.2, 0.25) is 0 Å². The Labute approximate surface area is 115 Å². The maximum absolute atomic E-state index is 11.8. The van der Waals surface area contributed by atoms with Gasteiger partial charge in [0.05, 0.1) is 18.8 Å².